The van der Waals surface area contributed by atoms with Crippen molar-refractivity contribution >= 4 is 23.2 Å². The lowest BCUT2D eigenvalue weighted by atomic mass is 10.00. The van der Waals surface area contributed by atoms with Crippen LogP contribution < -0.4 is 9.47 Å². The third-order valence-corrected chi connectivity index (χ3v) is 7.67. The zero-order valence-electron chi connectivity index (χ0n) is 20.8. The number of benzene rings is 2. The monoisotopic (exact) mass is 510 g/mol. The summed E-state index contributed by atoms with van der Waals surface area (Å²) < 4.78 is 25.2. The number of carbonyl (C=O) groups excluding carboxylic acids is 2. The molecule has 0 spiro atoms. The molecule has 8 heteroatoms. The lowest BCUT2D eigenvalue weighted by Gasteiger charge is -2.38. The van der Waals surface area contributed by atoms with Crippen LogP contribution in [0.5, 0.6) is 11.5 Å². The molecular weight excluding hydrogens is 479 g/mol. The molecule has 1 aromatic heterocycles. The van der Waals surface area contributed by atoms with Gasteiger partial charge in [-0.05, 0) is 73.2 Å². The van der Waals surface area contributed by atoms with E-state index in [1.54, 1.807) is 70.7 Å². The first-order valence-corrected chi connectivity index (χ1v) is 13.0. The number of fused-ring (bicyclic) bond motifs is 1. The number of hydrogen-bond acceptors (Lipinski definition) is 5. The molecule has 2 amide bonds. The molecule has 2 aromatic carbocycles. The second-order valence-corrected chi connectivity index (χ2v) is 9.81. The number of nitrogens with zero attached hydrogens (tertiary/aromatic N) is 2. The Morgan fingerprint density at radius 3 is 2.61 bits per heavy atom. The van der Waals surface area contributed by atoms with Crippen LogP contribution in [0.3, 0.4) is 0 Å². The van der Waals surface area contributed by atoms with E-state index in [0.717, 1.165) is 12.0 Å². The fourth-order valence-electron chi connectivity index (χ4n) is 4.39. The Labute approximate surface area is 215 Å². The number of halogens is 1. The van der Waals surface area contributed by atoms with Gasteiger partial charge in [0.1, 0.15) is 18.9 Å². The molecule has 190 valence electrons. The first kappa shape index (κ1) is 25.7. The van der Waals surface area contributed by atoms with Gasteiger partial charge in [0, 0.05) is 23.0 Å². The summed E-state index contributed by atoms with van der Waals surface area (Å²) in [5.74, 6) is 0.0205. The SMILES string of the molecule is CC[C@@H](C)N(CC(=O)N1CCc2sccc2[C@@H]1COc1ccccc1F)C(=O)c1ccc(OC)cc1. The molecule has 0 radical (unpaired) electrons. The van der Waals surface area contributed by atoms with Gasteiger partial charge in [0.25, 0.3) is 5.91 Å². The van der Waals surface area contributed by atoms with E-state index >= 15 is 0 Å². The van der Waals surface area contributed by atoms with Gasteiger partial charge < -0.3 is 19.3 Å². The van der Waals surface area contributed by atoms with E-state index in [4.69, 9.17) is 9.47 Å². The summed E-state index contributed by atoms with van der Waals surface area (Å²) in [6.45, 7) is 4.54. The highest BCUT2D eigenvalue weighted by molar-refractivity contribution is 7.10. The molecular formula is C28H31FN2O4S. The number of hydrogen-bond donors (Lipinski definition) is 0. The molecule has 1 aliphatic heterocycles. The molecule has 0 bridgehead atoms. The Bertz CT molecular complexity index is 1200. The van der Waals surface area contributed by atoms with Gasteiger partial charge in [-0.25, -0.2) is 4.39 Å². The van der Waals surface area contributed by atoms with Crippen molar-refractivity contribution in [2.24, 2.45) is 0 Å². The van der Waals surface area contributed by atoms with Crippen molar-refractivity contribution in [3.05, 3.63) is 81.8 Å². The van der Waals surface area contributed by atoms with Gasteiger partial charge in [0.2, 0.25) is 5.91 Å². The van der Waals surface area contributed by atoms with Crippen molar-refractivity contribution in [3.63, 3.8) is 0 Å². The van der Waals surface area contributed by atoms with Crippen molar-refractivity contribution in [2.75, 3.05) is 26.8 Å². The van der Waals surface area contributed by atoms with E-state index in [-0.39, 0.29) is 42.8 Å². The summed E-state index contributed by atoms with van der Waals surface area (Å²) in [4.78, 5) is 31.7. The highest BCUT2D eigenvalue weighted by Gasteiger charge is 2.34. The summed E-state index contributed by atoms with van der Waals surface area (Å²) in [5.41, 5.74) is 1.52. The van der Waals surface area contributed by atoms with Crippen LogP contribution in [0.25, 0.3) is 0 Å². The average molecular weight is 511 g/mol. The number of ether oxygens (including phenoxy) is 2. The van der Waals surface area contributed by atoms with Crippen molar-refractivity contribution in [1.82, 2.24) is 9.80 Å². The second kappa shape index (κ2) is 11.6. The van der Waals surface area contributed by atoms with E-state index in [1.807, 2.05) is 25.3 Å². The predicted molar refractivity (Wildman–Crippen MR) is 138 cm³/mol. The average Bonchev–Trinajstić information content (AvgIpc) is 3.39. The van der Waals surface area contributed by atoms with Crippen molar-refractivity contribution < 1.29 is 23.5 Å². The Balaban J connectivity index is 1.55. The topological polar surface area (TPSA) is 59.1 Å². The van der Waals surface area contributed by atoms with Crippen molar-refractivity contribution in [1.29, 1.82) is 0 Å². The highest BCUT2D eigenvalue weighted by atomic mass is 32.1. The Kier molecular flexibility index (Phi) is 8.25. The maximum absolute atomic E-state index is 14.2. The minimum absolute atomic E-state index is 0.0461. The minimum atomic E-state index is -0.440. The molecule has 0 unspecified atom stereocenters. The molecule has 4 rings (SSSR count). The van der Waals surface area contributed by atoms with Gasteiger partial charge in [-0.15, -0.1) is 11.3 Å². The molecule has 2 atom stereocenters. The Morgan fingerprint density at radius 2 is 1.92 bits per heavy atom. The summed E-state index contributed by atoms with van der Waals surface area (Å²) >= 11 is 1.65. The molecule has 0 saturated heterocycles. The van der Waals surface area contributed by atoms with Crippen LogP contribution in [0, 0.1) is 5.82 Å². The van der Waals surface area contributed by atoms with Crippen LogP contribution in [0.4, 0.5) is 4.39 Å². The maximum atomic E-state index is 14.2. The molecule has 0 saturated carbocycles. The summed E-state index contributed by atoms with van der Waals surface area (Å²) in [5, 5.41) is 2.01. The zero-order valence-corrected chi connectivity index (χ0v) is 21.6. The number of amides is 2. The largest absolute Gasteiger partial charge is 0.497 e. The molecule has 0 aliphatic carbocycles. The van der Waals surface area contributed by atoms with Crippen LogP contribution in [0.2, 0.25) is 0 Å². The second-order valence-electron chi connectivity index (χ2n) is 8.81. The number of thiophene rings is 1. The molecule has 1 aliphatic rings. The number of methoxy groups -OCH3 is 1. The van der Waals surface area contributed by atoms with Gasteiger partial charge in [0.15, 0.2) is 11.6 Å². The smallest absolute Gasteiger partial charge is 0.254 e. The van der Waals surface area contributed by atoms with E-state index in [1.165, 1.54) is 10.9 Å². The summed E-state index contributed by atoms with van der Waals surface area (Å²) in [7, 11) is 1.57. The Morgan fingerprint density at radius 1 is 1.17 bits per heavy atom. The van der Waals surface area contributed by atoms with Crippen LogP contribution >= 0.6 is 11.3 Å². The lowest BCUT2D eigenvalue weighted by molar-refractivity contribution is -0.136. The molecule has 0 fully saturated rings. The van der Waals surface area contributed by atoms with Crippen LogP contribution in [0.1, 0.15) is 47.1 Å². The third-order valence-electron chi connectivity index (χ3n) is 6.67. The molecule has 2 heterocycles. The maximum Gasteiger partial charge on any atom is 0.254 e. The lowest BCUT2D eigenvalue weighted by Crippen LogP contribution is -2.49. The van der Waals surface area contributed by atoms with Gasteiger partial charge in [-0.3, -0.25) is 9.59 Å². The molecule has 0 N–H and O–H groups in total. The third kappa shape index (κ3) is 5.54. The van der Waals surface area contributed by atoms with E-state index in [2.05, 4.69) is 0 Å². The van der Waals surface area contributed by atoms with Gasteiger partial charge in [-0.2, -0.15) is 0 Å². The standard InChI is InChI=1S/C28H31FN2O4S/c1-4-19(2)31(28(33)20-9-11-21(34-3)12-10-20)17-27(32)30-15-13-26-22(14-16-36-26)24(30)18-35-25-8-6-5-7-23(25)29/h5-12,14,16,19,24H,4,13,15,17-18H2,1-3H3/t19-,24+/m1/s1. The first-order chi connectivity index (χ1) is 17.4. The first-order valence-electron chi connectivity index (χ1n) is 12.1. The molecule has 3 aromatic rings. The van der Waals surface area contributed by atoms with Gasteiger partial charge >= 0.3 is 0 Å². The summed E-state index contributed by atoms with van der Waals surface area (Å²) in [6.07, 6.45) is 1.45. The minimum Gasteiger partial charge on any atom is -0.497 e. The van der Waals surface area contributed by atoms with Crippen molar-refractivity contribution in [3.8, 4) is 11.5 Å². The van der Waals surface area contributed by atoms with E-state index < -0.39 is 5.82 Å². The van der Waals surface area contributed by atoms with E-state index in [0.29, 0.717) is 24.3 Å². The number of carbonyl (C=O) groups is 2. The van der Waals surface area contributed by atoms with Crippen LogP contribution in [-0.2, 0) is 11.2 Å². The fraction of sp³-hybridized carbons (Fsp3) is 0.357. The van der Waals surface area contributed by atoms with Crippen molar-refractivity contribution in [2.45, 2.75) is 38.8 Å². The van der Waals surface area contributed by atoms with E-state index in [9.17, 15) is 14.0 Å². The van der Waals surface area contributed by atoms with Crippen LogP contribution in [0.15, 0.2) is 60.0 Å². The molecule has 36 heavy (non-hydrogen) atoms. The highest BCUT2D eigenvalue weighted by Crippen LogP contribution is 2.34. The number of rotatable bonds is 9. The van der Waals surface area contributed by atoms with Gasteiger partial charge in [-0.1, -0.05) is 19.1 Å². The van der Waals surface area contributed by atoms with Gasteiger partial charge in [0.05, 0.1) is 13.2 Å². The van der Waals surface area contributed by atoms with Crippen LogP contribution in [-0.4, -0.2) is 54.5 Å². The fourth-order valence-corrected chi connectivity index (χ4v) is 5.32. The zero-order chi connectivity index (χ0) is 25.7. The molecule has 6 nitrogen and oxygen atoms in total. The normalized spacial score (nSPS) is 15.7. The summed E-state index contributed by atoms with van der Waals surface area (Å²) in [6, 6.07) is 14.7. The quantitative estimate of drug-likeness (QED) is 0.390. The Hall–Kier alpha value is -3.39. The predicted octanol–water partition coefficient (Wildman–Crippen LogP) is 5.34. The number of para-hydroxylation sites is 1.